The van der Waals surface area contributed by atoms with Crippen molar-refractivity contribution in [1.82, 2.24) is 0 Å². The molecule has 5 aliphatic heterocycles. The van der Waals surface area contributed by atoms with Gasteiger partial charge >= 0.3 is 20.8 Å². The summed E-state index contributed by atoms with van der Waals surface area (Å²) in [7, 11) is -10.4. The summed E-state index contributed by atoms with van der Waals surface area (Å²) in [6.07, 6.45) is -16.4. The van der Waals surface area contributed by atoms with Gasteiger partial charge in [-0.15, -0.1) is 0 Å². The van der Waals surface area contributed by atoms with E-state index in [1.807, 2.05) is 20.8 Å². The molecule has 71 heavy (non-hydrogen) atoms. The molecule has 4 saturated carbocycles. The maximum atomic E-state index is 12.2. The molecule has 5 heterocycles. The van der Waals surface area contributed by atoms with Gasteiger partial charge < -0.3 is 73.6 Å². The normalized spacial score (nSPS) is 52.5. The van der Waals surface area contributed by atoms with Crippen LogP contribution >= 0.6 is 0 Å². The fourth-order valence-corrected chi connectivity index (χ4v) is 17.1. The Kier molecular flexibility index (Phi) is 14.5. The van der Waals surface area contributed by atoms with Crippen molar-refractivity contribution in [1.29, 1.82) is 0 Å². The van der Waals surface area contributed by atoms with Crippen LogP contribution in [0.5, 0.6) is 0 Å². The Labute approximate surface area is 414 Å². The first kappa shape index (κ1) is 54.7. The van der Waals surface area contributed by atoms with E-state index in [0.29, 0.717) is 19.4 Å². The number of ether oxygens (including phenoxy) is 8. The van der Waals surface area contributed by atoms with E-state index in [1.165, 1.54) is 0 Å². The Hall–Kier alpha value is -1.12. The van der Waals surface area contributed by atoms with Crippen LogP contribution in [-0.2, 0) is 67.1 Å². The topological polar surface area (TPSA) is 343 Å². The minimum atomic E-state index is -5.23. The molecule has 0 radical (unpaired) electrons. The first-order chi connectivity index (χ1) is 32.9. The third-order valence-electron chi connectivity index (χ3n) is 18.8. The lowest BCUT2D eigenvalue weighted by atomic mass is 9.35. The summed E-state index contributed by atoms with van der Waals surface area (Å²) in [5, 5.41) is 77.2. The van der Waals surface area contributed by atoms with Crippen LogP contribution in [0.1, 0.15) is 99.8 Å². The summed E-state index contributed by atoms with van der Waals surface area (Å²) in [6, 6.07) is 0. The molecule has 4 aliphatic carbocycles. The molecule has 0 aromatic heterocycles. The Morgan fingerprint density at radius 1 is 0.718 bits per heavy atom. The van der Waals surface area contributed by atoms with Gasteiger partial charge in [-0.05, 0) is 93.3 Å². The van der Waals surface area contributed by atoms with Crippen molar-refractivity contribution < 1.29 is 108 Å². The third kappa shape index (κ3) is 9.21. The van der Waals surface area contributed by atoms with E-state index in [4.69, 9.17) is 37.9 Å². The predicted molar refractivity (Wildman–Crippen MR) is 240 cm³/mol. The van der Waals surface area contributed by atoms with Crippen molar-refractivity contribution in [2.75, 3.05) is 26.4 Å². The van der Waals surface area contributed by atoms with E-state index >= 15 is 0 Å². The van der Waals surface area contributed by atoms with Crippen molar-refractivity contribution in [2.24, 2.45) is 45.3 Å². The van der Waals surface area contributed by atoms with Gasteiger partial charge in [0.1, 0.15) is 61.0 Å². The highest BCUT2D eigenvalue weighted by Crippen LogP contribution is 2.80. The van der Waals surface area contributed by atoms with Crippen LogP contribution in [0.4, 0.5) is 0 Å². The molecular weight excluding hydrogens is 985 g/mol. The highest BCUT2D eigenvalue weighted by atomic mass is 32.3. The van der Waals surface area contributed by atoms with Crippen molar-refractivity contribution >= 4 is 20.8 Å². The second kappa shape index (κ2) is 18.8. The fourth-order valence-electron chi connectivity index (χ4n) is 16.1. The number of fused-ring (bicyclic) bond motifs is 4. The Bertz CT molecular complexity index is 2230. The van der Waals surface area contributed by atoms with E-state index in [1.54, 1.807) is 0 Å². The van der Waals surface area contributed by atoms with Crippen molar-refractivity contribution in [3.63, 3.8) is 0 Å². The molecular formula is C46H74O23S2. The quantitative estimate of drug-likeness (QED) is 0.0679. The molecule has 0 amide bonds. The van der Waals surface area contributed by atoms with Crippen LogP contribution in [-0.4, -0.2) is 192 Å². The molecule has 0 unspecified atom stereocenters. The first-order valence-corrected chi connectivity index (χ1v) is 27.5. The molecule has 9 aliphatic rings. The number of hydrogen-bond acceptors (Lipinski definition) is 21. The molecule has 0 aromatic carbocycles. The number of aliphatic hydroxyl groups is 7. The number of hydrogen-bond donors (Lipinski definition) is 9. The van der Waals surface area contributed by atoms with Gasteiger partial charge in [0.2, 0.25) is 0 Å². The molecule has 9 fully saturated rings. The monoisotopic (exact) mass is 1060 g/mol. The second-order valence-corrected chi connectivity index (χ2v) is 25.6. The molecule has 9 N–H and O–H groups in total. The van der Waals surface area contributed by atoms with E-state index in [2.05, 4.69) is 42.1 Å². The van der Waals surface area contributed by atoms with Gasteiger partial charge in [0.25, 0.3) is 0 Å². The smallest absolute Gasteiger partial charge is 0.394 e. The van der Waals surface area contributed by atoms with Crippen LogP contribution in [0.3, 0.4) is 0 Å². The minimum Gasteiger partial charge on any atom is -0.394 e. The molecule has 0 aromatic rings. The summed E-state index contributed by atoms with van der Waals surface area (Å²) in [5.74, 6) is -0.442. The summed E-state index contributed by atoms with van der Waals surface area (Å²) in [6.45, 7) is 13.3. The van der Waals surface area contributed by atoms with Gasteiger partial charge in [-0.2, -0.15) is 16.8 Å². The molecule has 23 nitrogen and oxygen atoms in total. The van der Waals surface area contributed by atoms with Crippen molar-refractivity contribution in [3.05, 3.63) is 11.6 Å². The van der Waals surface area contributed by atoms with Gasteiger partial charge in [-0.1, -0.05) is 39.3 Å². The summed E-state index contributed by atoms with van der Waals surface area (Å²) < 4.78 is 125. The zero-order valence-electron chi connectivity index (χ0n) is 41.1. The Balaban J connectivity index is 0.981. The molecule has 2 spiro atoms. The lowest BCUT2D eigenvalue weighted by molar-refractivity contribution is -0.374. The standard InChI is InChI=1S/C46H74O23S2/c1-21(2)14-22-15-44(7,53)37-23-8-9-28-42(5)12-11-29(41(3,4)27(42)10-13-43(28,6)45(23)19-46(37,67-22)61-20-45)64-40-36(66-39-32(52)35(26(17-48)63-39)69-71(57,58)59)33(24(49)18-60-40)65-38-31(51)30(50)34(25(16-47)62-38)68-70(54,55)56/h14,22-40,47-53H,8-13,15-20H2,1-7H3,(H,54,55,56)(H,57,58,59)/t22-,23+,24-,25+,26-,27+,28+,29-,30+,31+,32+,33-,34+,35-,36+,37-,38-,39-,40-,42-,43+,44-,45-,46-/m0/s1. The SMILES string of the molecule is CC(C)=C[C@H]1C[C@](C)(O)[C@@H]2[C@H]3CC[C@@H]4[C@@]5(C)CC[C@H](O[C@@H]6OC[C@H](O)[C@H](O[C@@H]7O[C@H](CO)[C@@H](OS(=O)(=O)O)[C@H](O)[C@H]7O)[C@H]6O[C@@H]6O[C@@H](CO)[C@H](OS(=O)(=O)O)[C@H]6O)C(C)(C)[C@H]5CC[C@@]4(C)[C@@]34CO[C@@]2(C4)O1. The number of rotatable bonds is 13. The predicted octanol–water partition coefficient (Wildman–Crippen LogP) is 0.260. The first-order valence-electron chi connectivity index (χ1n) is 24.8. The van der Waals surface area contributed by atoms with Gasteiger partial charge in [-0.3, -0.25) is 9.11 Å². The summed E-state index contributed by atoms with van der Waals surface area (Å²) >= 11 is 0. The third-order valence-corrected chi connectivity index (χ3v) is 19.7. The zero-order valence-corrected chi connectivity index (χ0v) is 42.7. The molecule has 2 bridgehead atoms. The number of allylic oxidation sites excluding steroid dienone is 1. The minimum absolute atomic E-state index is 0.103. The van der Waals surface area contributed by atoms with Crippen LogP contribution in [0.25, 0.3) is 0 Å². The second-order valence-electron chi connectivity index (χ2n) is 23.5. The average molecular weight is 1060 g/mol. The van der Waals surface area contributed by atoms with E-state index in [9.17, 15) is 61.7 Å². The van der Waals surface area contributed by atoms with E-state index in [-0.39, 0.29) is 46.0 Å². The largest absolute Gasteiger partial charge is 0.397 e. The molecule has 25 heteroatoms. The van der Waals surface area contributed by atoms with Gasteiger partial charge in [0, 0.05) is 24.2 Å². The van der Waals surface area contributed by atoms with E-state index in [0.717, 1.165) is 44.1 Å². The van der Waals surface area contributed by atoms with Crippen LogP contribution in [0.2, 0.25) is 0 Å². The highest BCUT2D eigenvalue weighted by molar-refractivity contribution is 7.81. The Morgan fingerprint density at radius 3 is 1.93 bits per heavy atom. The molecule has 5 saturated heterocycles. The van der Waals surface area contributed by atoms with Gasteiger partial charge in [0.05, 0.1) is 44.2 Å². The summed E-state index contributed by atoms with van der Waals surface area (Å²) in [5.41, 5.74) is -0.980. The maximum Gasteiger partial charge on any atom is 0.397 e. The molecule has 9 rings (SSSR count). The number of aliphatic hydroxyl groups excluding tert-OH is 6. The zero-order chi connectivity index (χ0) is 51.8. The van der Waals surface area contributed by atoms with Crippen molar-refractivity contribution in [3.8, 4) is 0 Å². The molecule has 24 atom stereocenters. The van der Waals surface area contributed by atoms with E-state index < -0.39 is 143 Å². The lowest BCUT2D eigenvalue weighted by Crippen LogP contribution is -2.67. The van der Waals surface area contributed by atoms with Crippen molar-refractivity contribution in [2.45, 2.75) is 203 Å². The highest BCUT2D eigenvalue weighted by Gasteiger charge is 2.81. The van der Waals surface area contributed by atoms with Crippen LogP contribution < -0.4 is 0 Å². The van der Waals surface area contributed by atoms with Crippen LogP contribution in [0, 0.1) is 45.3 Å². The molecule has 408 valence electrons. The van der Waals surface area contributed by atoms with Gasteiger partial charge in [-0.25, -0.2) is 8.37 Å². The fraction of sp³-hybridized carbons (Fsp3) is 0.957. The lowest BCUT2D eigenvalue weighted by Gasteiger charge is -2.70. The average Bonchev–Trinajstić information content (AvgIpc) is 3.88. The maximum absolute atomic E-state index is 12.2. The van der Waals surface area contributed by atoms with Gasteiger partial charge in [0.15, 0.2) is 24.7 Å². The van der Waals surface area contributed by atoms with Crippen LogP contribution in [0.15, 0.2) is 11.6 Å². The summed E-state index contributed by atoms with van der Waals surface area (Å²) in [4.78, 5) is 0. The Morgan fingerprint density at radius 2 is 1.32 bits per heavy atom.